The Bertz CT molecular complexity index is 438. The molecule has 2 N–H and O–H groups in total. The lowest BCUT2D eigenvalue weighted by Crippen LogP contribution is -2.38. The van der Waals surface area contributed by atoms with Crippen LogP contribution in [0.1, 0.15) is 31.9 Å². The molecule has 1 aromatic rings. The lowest BCUT2D eigenvalue weighted by molar-refractivity contribution is -0.156. The molecule has 0 saturated carbocycles. The fraction of sp³-hybridized carbons (Fsp3) is 0.500. The SMILES string of the molecule is Cc1ccc(C[C@@H](N)C(=O)OC(C)(C)C)c(Cl)c1. The van der Waals surface area contributed by atoms with Crippen molar-refractivity contribution in [3.8, 4) is 0 Å². The molecular formula is C14H20ClNO2. The number of carbonyl (C=O) groups is 1. The fourth-order valence-corrected chi connectivity index (χ4v) is 1.83. The summed E-state index contributed by atoms with van der Waals surface area (Å²) in [7, 11) is 0. The van der Waals surface area contributed by atoms with E-state index in [2.05, 4.69) is 0 Å². The Balaban J connectivity index is 2.69. The molecule has 0 aliphatic carbocycles. The molecule has 0 spiro atoms. The van der Waals surface area contributed by atoms with Gasteiger partial charge in [0.1, 0.15) is 11.6 Å². The topological polar surface area (TPSA) is 52.3 Å². The van der Waals surface area contributed by atoms with Crippen molar-refractivity contribution < 1.29 is 9.53 Å². The van der Waals surface area contributed by atoms with Gasteiger partial charge in [-0.2, -0.15) is 0 Å². The highest BCUT2D eigenvalue weighted by Crippen LogP contribution is 2.19. The van der Waals surface area contributed by atoms with E-state index in [0.29, 0.717) is 11.4 Å². The Morgan fingerprint density at radius 3 is 2.56 bits per heavy atom. The van der Waals surface area contributed by atoms with Crippen LogP contribution in [0, 0.1) is 6.92 Å². The largest absolute Gasteiger partial charge is 0.459 e. The molecule has 4 heteroatoms. The van der Waals surface area contributed by atoms with Crippen LogP contribution in [-0.2, 0) is 16.0 Å². The summed E-state index contributed by atoms with van der Waals surface area (Å²) in [5.41, 5.74) is 7.25. The van der Waals surface area contributed by atoms with E-state index in [1.165, 1.54) is 0 Å². The number of carbonyl (C=O) groups excluding carboxylic acids is 1. The van der Waals surface area contributed by atoms with Crippen LogP contribution >= 0.6 is 11.6 Å². The summed E-state index contributed by atoms with van der Waals surface area (Å²) in [6.45, 7) is 7.41. The van der Waals surface area contributed by atoms with Gasteiger partial charge in [-0.3, -0.25) is 4.79 Å². The average Bonchev–Trinajstić information content (AvgIpc) is 2.19. The normalized spacial score (nSPS) is 13.2. The molecule has 18 heavy (non-hydrogen) atoms. The van der Waals surface area contributed by atoms with E-state index in [-0.39, 0.29) is 0 Å². The molecule has 0 aromatic heterocycles. The van der Waals surface area contributed by atoms with Crippen molar-refractivity contribution in [1.82, 2.24) is 0 Å². The first kappa shape index (κ1) is 15.0. The first-order valence-corrected chi connectivity index (χ1v) is 6.30. The molecule has 0 aliphatic heterocycles. The summed E-state index contributed by atoms with van der Waals surface area (Å²) in [5, 5.41) is 0.633. The number of ether oxygens (including phenoxy) is 1. The van der Waals surface area contributed by atoms with E-state index < -0.39 is 17.6 Å². The number of benzene rings is 1. The van der Waals surface area contributed by atoms with Crippen molar-refractivity contribution in [3.63, 3.8) is 0 Å². The van der Waals surface area contributed by atoms with Crippen molar-refractivity contribution in [3.05, 3.63) is 34.3 Å². The van der Waals surface area contributed by atoms with Crippen molar-refractivity contribution in [2.24, 2.45) is 5.73 Å². The quantitative estimate of drug-likeness (QED) is 0.859. The lowest BCUT2D eigenvalue weighted by Gasteiger charge is -2.22. The third-order valence-electron chi connectivity index (χ3n) is 2.36. The molecule has 1 rings (SSSR count). The highest BCUT2D eigenvalue weighted by Gasteiger charge is 2.22. The molecule has 0 amide bonds. The predicted molar refractivity (Wildman–Crippen MR) is 73.7 cm³/mol. The van der Waals surface area contributed by atoms with Crippen LogP contribution in [0.2, 0.25) is 5.02 Å². The molecule has 0 saturated heterocycles. The van der Waals surface area contributed by atoms with E-state index in [4.69, 9.17) is 22.1 Å². The number of halogens is 1. The van der Waals surface area contributed by atoms with Gasteiger partial charge in [-0.05, 0) is 51.3 Å². The van der Waals surface area contributed by atoms with Crippen LogP contribution in [0.5, 0.6) is 0 Å². The van der Waals surface area contributed by atoms with Crippen LogP contribution in [0.3, 0.4) is 0 Å². The number of hydrogen-bond acceptors (Lipinski definition) is 3. The van der Waals surface area contributed by atoms with E-state index >= 15 is 0 Å². The number of rotatable bonds is 3. The molecule has 0 heterocycles. The summed E-state index contributed by atoms with van der Waals surface area (Å²) in [4.78, 5) is 11.8. The average molecular weight is 270 g/mol. The summed E-state index contributed by atoms with van der Waals surface area (Å²) in [6.07, 6.45) is 0.383. The maximum absolute atomic E-state index is 11.8. The van der Waals surface area contributed by atoms with Crippen LogP contribution in [-0.4, -0.2) is 17.6 Å². The van der Waals surface area contributed by atoms with Gasteiger partial charge in [-0.15, -0.1) is 0 Å². The Morgan fingerprint density at radius 1 is 1.44 bits per heavy atom. The monoisotopic (exact) mass is 269 g/mol. The molecule has 0 radical (unpaired) electrons. The number of nitrogens with two attached hydrogens (primary N) is 1. The molecule has 1 atom stereocenters. The number of hydrogen-bond donors (Lipinski definition) is 1. The van der Waals surface area contributed by atoms with Gasteiger partial charge in [-0.25, -0.2) is 0 Å². The van der Waals surface area contributed by atoms with Gasteiger partial charge in [-0.1, -0.05) is 23.7 Å². The van der Waals surface area contributed by atoms with Gasteiger partial charge in [0, 0.05) is 5.02 Å². The molecule has 1 aromatic carbocycles. The van der Waals surface area contributed by atoms with Crippen LogP contribution in [0.4, 0.5) is 0 Å². The molecule has 0 unspecified atom stereocenters. The van der Waals surface area contributed by atoms with Crippen LogP contribution in [0.15, 0.2) is 18.2 Å². The van der Waals surface area contributed by atoms with Gasteiger partial charge < -0.3 is 10.5 Å². The van der Waals surface area contributed by atoms with Crippen LogP contribution in [0.25, 0.3) is 0 Å². The van der Waals surface area contributed by atoms with Crippen molar-refractivity contribution >= 4 is 17.6 Å². The summed E-state index contributed by atoms with van der Waals surface area (Å²) >= 11 is 6.10. The Hall–Kier alpha value is -1.06. The van der Waals surface area contributed by atoms with Gasteiger partial charge in [0.25, 0.3) is 0 Å². The highest BCUT2D eigenvalue weighted by atomic mass is 35.5. The second-order valence-electron chi connectivity index (χ2n) is 5.44. The highest BCUT2D eigenvalue weighted by molar-refractivity contribution is 6.31. The smallest absolute Gasteiger partial charge is 0.323 e. The van der Waals surface area contributed by atoms with Gasteiger partial charge in [0.15, 0.2) is 0 Å². The minimum Gasteiger partial charge on any atom is -0.459 e. The molecule has 0 fully saturated rings. The molecule has 0 aliphatic rings. The maximum Gasteiger partial charge on any atom is 0.323 e. The summed E-state index contributed by atoms with van der Waals surface area (Å²) < 4.78 is 5.23. The van der Waals surface area contributed by atoms with Crippen molar-refractivity contribution in [1.29, 1.82) is 0 Å². The number of esters is 1. The molecular weight excluding hydrogens is 250 g/mol. The van der Waals surface area contributed by atoms with Crippen molar-refractivity contribution in [2.45, 2.75) is 45.8 Å². The zero-order valence-corrected chi connectivity index (χ0v) is 12.0. The zero-order chi connectivity index (χ0) is 13.9. The summed E-state index contributed by atoms with van der Waals surface area (Å²) in [6, 6.07) is 5.01. The first-order valence-electron chi connectivity index (χ1n) is 5.92. The third-order valence-corrected chi connectivity index (χ3v) is 2.71. The minimum absolute atomic E-state index is 0.383. The van der Waals surface area contributed by atoms with Gasteiger partial charge >= 0.3 is 5.97 Å². The Morgan fingerprint density at radius 2 is 2.06 bits per heavy atom. The van der Waals surface area contributed by atoms with E-state index in [1.54, 1.807) is 0 Å². The van der Waals surface area contributed by atoms with E-state index in [9.17, 15) is 4.79 Å². The fourth-order valence-electron chi connectivity index (χ4n) is 1.52. The summed E-state index contributed by atoms with van der Waals surface area (Å²) in [5.74, 6) is -0.404. The standard InChI is InChI=1S/C14H20ClNO2/c1-9-5-6-10(11(15)7-9)8-12(16)13(17)18-14(2,3)4/h5-7,12H,8,16H2,1-4H3/t12-/m1/s1. The van der Waals surface area contributed by atoms with Crippen LogP contribution < -0.4 is 5.73 Å². The van der Waals surface area contributed by atoms with Crippen molar-refractivity contribution in [2.75, 3.05) is 0 Å². The second kappa shape index (κ2) is 5.72. The lowest BCUT2D eigenvalue weighted by atomic mass is 10.0. The Labute approximate surface area is 113 Å². The maximum atomic E-state index is 11.8. The molecule has 0 bridgehead atoms. The van der Waals surface area contributed by atoms with Gasteiger partial charge in [0.2, 0.25) is 0 Å². The van der Waals surface area contributed by atoms with Gasteiger partial charge in [0.05, 0.1) is 0 Å². The third kappa shape index (κ3) is 4.67. The second-order valence-corrected chi connectivity index (χ2v) is 5.85. The zero-order valence-electron chi connectivity index (χ0n) is 11.3. The van der Waals surface area contributed by atoms with E-state index in [0.717, 1.165) is 11.1 Å². The first-order chi connectivity index (χ1) is 8.19. The Kier molecular flexibility index (Phi) is 4.77. The van der Waals surface area contributed by atoms with E-state index in [1.807, 2.05) is 45.9 Å². The number of aryl methyl sites for hydroxylation is 1. The molecule has 3 nitrogen and oxygen atoms in total. The predicted octanol–water partition coefficient (Wildman–Crippen LogP) is 2.86. The minimum atomic E-state index is -0.690. The molecule has 100 valence electrons.